The summed E-state index contributed by atoms with van der Waals surface area (Å²) in [5.74, 6) is -0.864. The third-order valence-electron chi connectivity index (χ3n) is 1.75. The molecule has 0 aliphatic heterocycles. The number of hydrogen-bond acceptors (Lipinski definition) is 4. The van der Waals surface area contributed by atoms with Crippen molar-refractivity contribution in [2.24, 2.45) is 11.3 Å². The maximum absolute atomic E-state index is 11.4. The minimum Gasteiger partial charge on any atom is -0.468 e. The lowest BCUT2D eigenvalue weighted by Gasteiger charge is -2.20. The predicted octanol–water partition coefficient (Wildman–Crippen LogP) is 1.38. The van der Waals surface area contributed by atoms with E-state index in [4.69, 9.17) is 4.74 Å². The fourth-order valence-corrected chi connectivity index (χ4v) is 0.761. The van der Waals surface area contributed by atoms with E-state index in [-0.39, 0.29) is 5.92 Å². The molecule has 0 aromatic heterocycles. The minimum atomic E-state index is -1.22. The van der Waals surface area contributed by atoms with Gasteiger partial charge in [-0.15, -0.1) is 0 Å². The number of carbonyl (C=O) groups is 2. The number of esters is 2. The molecular weight excluding hydrogens is 184 g/mol. The van der Waals surface area contributed by atoms with Gasteiger partial charge in [-0.25, -0.2) is 0 Å². The summed E-state index contributed by atoms with van der Waals surface area (Å²) in [5.41, 5.74) is -1.22. The number of hydrogen-bond donors (Lipinski definition) is 0. The first-order valence-electron chi connectivity index (χ1n) is 4.58. The summed E-state index contributed by atoms with van der Waals surface area (Å²) in [7, 11) is 1.25. The summed E-state index contributed by atoms with van der Waals surface area (Å²) in [5, 5.41) is 0. The van der Waals surface area contributed by atoms with Crippen LogP contribution in [0.4, 0.5) is 0 Å². The van der Waals surface area contributed by atoms with E-state index in [1.54, 1.807) is 0 Å². The highest BCUT2D eigenvalue weighted by molar-refractivity contribution is 5.98. The maximum Gasteiger partial charge on any atom is 0.322 e. The molecule has 14 heavy (non-hydrogen) atoms. The third-order valence-corrected chi connectivity index (χ3v) is 1.75. The van der Waals surface area contributed by atoms with E-state index in [1.165, 1.54) is 21.0 Å². The molecule has 0 aliphatic rings. The Balaban J connectivity index is 4.29. The largest absolute Gasteiger partial charge is 0.468 e. The smallest absolute Gasteiger partial charge is 0.322 e. The quantitative estimate of drug-likeness (QED) is 0.510. The molecule has 4 nitrogen and oxygen atoms in total. The van der Waals surface area contributed by atoms with Crippen molar-refractivity contribution in [2.75, 3.05) is 13.7 Å². The van der Waals surface area contributed by atoms with E-state index in [9.17, 15) is 9.59 Å². The van der Waals surface area contributed by atoms with Crippen LogP contribution in [0.25, 0.3) is 0 Å². The van der Waals surface area contributed by atoms with Crippen LogP contribution in [-0.4, -0.2) is 25.7 Å². The van der Waals surface area contributed by atoms with E-state index >= 15 is 0 Å². The molecule has 0 aromatic rings. The molecule has 0 aliphatic carbocycles. The minimum absolute atomic E-state index is 0.257. The van der Waals surface area contributed by atoms with Crippen molar-refractivity contribution in [1.29, 1.82) is 0 Å². The molecule has 0 aromatic carbocycles. The normalized spacial score (nSPS) is 11.3. The molecule has 0 rings (SSSR count). The van der Waals surface area contributed by atoms with E-state index in [2.05, 4.69) is 4.74 Å². The van der Waals surface area contributed by atoms with Gasteiger partial charge in [0.05, 0.1) is 13.7 Å². The molecule has 0 saturated carbocycles. The van der Waals surface area contributed by atoms with Crippen molar-refractivity contribution in [2.45, 2.75) is 27.7 Å². The van der Waals surface area contributed by atoms with Crippen molar-refractivity contribution in [1.82, 2.24) is 0 Å². The number of rotatable bonds is 4. The van der Waals surface area contributed by atoms with Crippen LogP contribution in [0.15, 0.2) is 0 Å². The standard InChI is InChI=1S/C10H18O4/c1-7(2)6-14-9(12)10(3,4)8(11)13-5/h7H,6H2,1-5H3. The average molecular weight is 202 g/mol. The van der Waals surface area contributed by atoms with E-state index in [0.717, 1.165) is 0 Å². The fourth-order valence-electron chi connectivity index (χ4n) is 0.761. The van der Waals surface area contributed by atoms with Crippen LogP contribution in [0.3, 0.4) is 0 Å². The summed E-state index contributed by atoms with van der Waals surface area (Å²) in [4.78, 5) is 22.6. The molecule has 0 atom stereocenters. The fraction of sp³-hybridized carbons (Fsp3) is 0.800. The van der Waals surface area contributed by atoms with Gasteiger partial charge in [-0.05, 0) is 19.8 Å². The Kier molecular flexibility index (Phi) is 4.60. The van der Waals surface area contributed by atoms with Crippen molar-refractivity contribution in [3.8, 4) is 0 Å². The van der Waals surface area contributed by atoms with Crippen LogP contribution in [0, 0.1) is 11.3 Å². The molecule has 0 radical (unpaired) electrons. The van der Waals surface area contributed by atoms with E-state index < -0.39 is 17.4 Å². The van der Waals surface area contributed by atoms with Gasteiger partial charge in [0.25, 0.3) is 0 Å². The molecule has 0 bridgehead atoms. The Morgan fingerprint density at radius 1 is 1.21 bits per heavy atom. The zero-order valence-electron chi connectivity index (χ0n) is 9.42. The molecule has 0 fully saturated rings. The SMILES string of the molecule is COC(=O)C(C)(C)C(=O)OCC(C)C. The Morgan fingerprint density at radius 3 is 2.07 bits per heavy atom. The summed E-state index contributed by atoms with van der Waals surface area (Å²) >= 11 is 0. The van der Waals surface area contributed by atoms with Gasteiger partial charge in [-0.2, -0.15) is 0 Å². The van der Waals surface area contributed by atoms with Gasteiger partial charge in [-0.3, -0.25) is 9.59 Å². The highest BCUT2D eigenvalue weighted by Gasteiger charge is 2.38. The highest BCUT2D eigenvalue weighted by atomic mass is 16.6. The Labute approximate surface area is 84.6 Å². The molecule has 0 amide bonds. The Morgan fingerprint density at radius 2 is 1.71 bits per heavy atom. The van der Waals surface area contributed by atoms with Crippen LogP contribution in [0.2, 0.25) is 0 Å². The topological polar surface area (TPSA) is 52.6 Å². The van der Waals surface area contributed by atoms with Crippen molar-refractivity contribution in [3.05, 3.63) is 0 Å². The first-order valence-corrected chi connectivity index (χ1v) is 4.58. The van der Waals surface area contributed by atoms with Gasteiger partial charge in [0.15, 0.2) is 5.41 Å². The van der Waals surface area contributed by atoms with Crippen LogP contribution in [0.5, 0.6) is 0 Å². The van der Waals surface area contributed by atoms with Crippen molar-refractivity contribution >= 4 is 11.9 Å². The zero-order valence-corrected chi connectivity index (χ0v) is 9.42. The monoisotopic (exact) mass is 202 g/mol. The maximum atomic E-state index is 11.4. The lowest BCUT2D eigenvalue weighted by atomic mass is 9.94. The van der Waals surface area contributed by atoms with Gasteiger partial charge >= 0.3 is 11.9 Å². The lowest BCUT2D eigenvalue weighted by Crippen LogP contribution is -2.36. The van der Waals surface area contributed by atoms with E-state index in [0.29, 0.717) is 6.61 Å². The summed E-state index contributed by atoms with van der Waals surface area (Å²) in [6, 6.07) is 0. The number of ether oxygens (including phenoxy) is 2. The lowest BCUT2D eigenvalue weighted by molar-refractivity contribution is -0.168. The van der Waals surface area contributed by atoms with Crippen molar-refractivity contribution in [3.63, 3.8) is 0 Å². The first kappa shape index (κ1) is 12.9. The van der Waals surface area contributed by atoms with Crippen molar-refractivity contribution < 1.29 is 19.1 Å². The van der Waals surface area contributed by atoms with Gasteiger partial charge < -0.3 is 9.47 Å². The molecule has 0 N–H and O–H groups in total. The van der Waals surface area contributed by atoms with Crippen LogP contribution < -0.4 is 0 Å². The molecule has 0 unspecified atom stereocenters. The van der Waals surface area contributed by atoms with Crippen LogP contribution >= 0.6 is 0 Å². The third kappa shape index (κ3) is 3.36. The number of carbonyl (C=O) groups excluding carboxylic acids is 2. The zero-order chi connectivity index (χ0) is 11.4. The van der Waals surface area contributed by atoms with Crippen LogP contribution in [0.1, 0.15) is 27.7 Å². The second-order valence-corrected chi connectivity index (χ2v) is 4.11. The first-order chi connectivity index (χ1) is 6.32. The van der Waals surface area contributed by atoms with Crippen LogP contribution in [-0.2, 0) is 19.1 Å². The molecule has 82 valence electrons. The second-order valence-electron chi connectivity index (χ2n) is 4.11. The molecule has 0 saturated heterocycles. The Hall–Kier alpha value is -1.06. The summed E-state index contributed by atoms with van der Waals surface area (Å²) < 4.78 is 9.45. The van der Waals surface area contributed by atoms with Gasteiger partial charge in [-0.1, -0.05) is 13.8 Å². The van der Waals surface area contributed by atoms with E-state index in [1.807, 2.05) is 13.8 Å². The molecule has 4 heteroatoms. The number of methoxy groups -OCH3 is 1. The summed E-state index contributed by atoms with van der Waals surface area (Å²) in [6.45, 7) is 7.15. The predicted molar refractivity (Wildman–Crippen MR) is 51.6 cm³/mol. The molecule has 0 heterocycles. The molecule has 0 spiro atoms. The molecular formula is C10H18O4. The van der Waals surface area contributed by atoms with Gasteiger partial charge in [0.1, 0.15) is 0 Å². The second kappa shape index (κ2) is 4.98. The highest BCUT2D eigenvalue weighted by Crippen LogP contribution is 2.19. The Bertz CT molecular complexity index is 218. The average Bonchev–Trinajstić information content (AvgIpc) is 2.12. The summed E-state index contributed by atoms with van der Waals surface area (Å²) in [6.07, 6.45) is 0. The van der Waals surface area contributed by atoms with Gasteiger partial charge in [0, 0.05) is 0 Å². The van der Waals surface area contributed by atoms with Gasteiger partial charge in [0.2, 0.25) is 0 Å².